The van der Waals surface area contributed by atoms with Crippen LogP contribution in [0.25, 0.3) is 0 Å². The van der Waals surface area contributed by atoms with Gasteiger partial charge in [-0.15, -0.1) is 0 Å². The summed E-state index contributed by atoms with van der Waals surface area (Å²) in [5.41, 5.74) is 0. The van der Waals surface area contributed by atoms with Crippen molar-refractivity contribution in [3.05, 3.63) is 12.3 Å². The van der Waals surface area contributed by atoms with Gasteiger partial charge >= 0.3 is 5.97 Å². The molecule has 2 rings (SSSR count). The van der Waals surface area contributed by atoms with Crippen LogP contribution in [0.5, 0.6) is 0 Å². The molecule has 1 aliphatic carbocycles. The Labute approximate surface area is 88.1 Å². The summed E-state index contributed by atoms with van der Waals surface area (Å²) >= 11 is 0. The fraction of sp³-hybridized carbons (Fsp3) is 0.600. The zero-order valence-corrected chi connectivity index (χ0v) is 8.52. The fourth-order valence-corrected chi connectivity index (χ4v) is 1.97. The largest absolute Gasteiger partial charge is 0.480 e. The van der Waals surface area contributed by atoms with Crippen molar-refractivity contribution in [1.29, 1.82) is 0 Å². The number of hydrogen-bond acceptors (Lipinski definition) is 3. The standard InChI is InChI=1S/C10H15N3O2/c14-10(15)7-11-9-5-6-13(12-9)8-3-1-2-4-8/h5-6,8H,1-4,7H2,(H,11,12)(H,14,15). The maximum atomic E-state index is 10.3. The molecule has 0 amide bonds. The minimum atomic E-state index is -0.870. The highest BCUT2D eigenvalue weighted by atomic mass is 16.4. The second kappa shape index (κ2) is 4.33. The Morgan fingerprint density at radius 1 is 1.60 bits per heavy atom. The van der Waals surface area contributed by atoms with E-state index in [1.54, 1.807) is 0 Å². The molecule has 0 atom stereocenters. The highest BCUT2D eigenvalue weighted by Crippen LogP contribution is 2.29. The quantitative estimate of drug-likeness (QED) is 0.788. The fourth-order valence-electron chi connectivity index (χ4n) is 1.97. The third-order valence-corrected chi connectivity index (χ3v) is 2.73. The molecular formula is C10H15N3O2. The van der Waals surface area contributed by atoms with Crippen molar-refractivity contribution >= 4 is 11.8 Å². The van der Waals surface area contributed by atoms with Gasteiger partial charge in [-0.3, -0.25) is 9.48 Å². The first-order valence-corrected chi connectivity index (χ1v) is 5.26. The van der Waals surface area contributed by atoms with E-state index in [9.17, 15) is 4.79 Å². The molecule has 0 saturated heterocycles. The van der Waals surface area contributed by atoms with Gasteiger partial charge in [0.2, 0.25) is 0 Å². The average Bonchev–Trinajstić information content (AvgIpc) is 2.85. The summed E-state index contributed by atoms with van der Waals surface area (Å²) in [5.74, 6) is -0.227. The van der Waals surface area contributed by atoms with Crippen LogP contribution in [0.4, 0.5) is 5.82 Å². The summed E-state index contributed by atoms with van der Waals surface area (Å²) in [4.78, 5) is 10.3. The molecule has 1 saturated carbocycles. The van der Waals surface area contributed by atoms with Crippen molar-refractivity contribution < 1.29 is 9.90 Å². The molecule has 1 heterocycles. The third kappa shape index (κ3) is 2.49. The Hall–Kier alpha value is -1.52. The molecule has 1 aromatic rings. The van der Waals surface area contributed by atoms with Gasteiger partial charge in [0.1, 0.15) is 12.4 Å². The van der Waals surface area contributed by atoms with Gasteiger partial charge in [0, 0.05) is 12.3 Å². The van der Waals surface area contributed by atoms with Crippen molar-refractivity contribution in [3.63, 3.8) is 0 Å². The number of carboxylic acid groups (broad SMARTS) is 1. The number of rotatable bonds is 4. The first-order chi connectivity index (χ1) is 7.25. The lowest BCUT2D eigenvalue weighted by Gasteiger charge is -2.08. The molecule has 0 aromatic carbocycles. The lowest BCUT2D eigenvalue weighted by molar-refractivity contribution is -0.134. The van der Waals surface area contributed by atoms with E-state index in [0.717, 1.165) is 0 Å². The van der Waals surface area contributed by atoms with Crippen LogP contribution in [0.1, 0.15) is 31.7 Å². The van der Waals surface area contributed by atoms with Crippen molar-refractivity contribution in [3.8, 4) is 0 Å². The highest BCUT2D eigenvalue weighted by Gasteiger charge is 2.17. The normalized spacial score (nSPS) is 16.8. The number of anilines is 1. The van der Waals surface area contributed by atoms with Crippen molar-refractivity contribution in [2.75, 3.05) is 11.9 Å². The van der Waals surface area contributed by atoms with Crippen LogP contribution in [0.15, 0.2) is 12.3 Å². The van der Waals surface area contributed by atoms with Crippen LogP contribution in [0.2, 0.25) is 0 Å². The van der Waals surface area contributed by atoms with Gasteiger partial charge < -0.3 is 10.4 Å². The molecule has 0 aliphatic heterocycles. The number of hydrogen-bond donors (Lipinski definition) is 2. The maximum absolute atomic E-state index is 10.3. The van der Waals surface area contributed by atoms with Crippen LogP contribution in [-0.2, 0) is 4.79 Å². The third-order valence-electron chi connectivity index (χ3n) is 2.73. The second-order valence-corrected chi connectivity index (χ2v) is 3.87. The predicted molar refractivity (Wildman–Crippen MR) is 55.9 cm³/mol. The first-order valence-electron chi connectivity index (χ1n) is 5.26. The Balaban J connectivity index is 1.94. The summed E-state index contributed by atoms with van der Waals surface area (Å²) in [6.45, 7) is -0.0817. The Bertz CT molecular complexity index is 342. The Morgan fingerprint density at radius 3 is 3.00 bits per heavy atom. The van der Waals surface area contributed by atoms with E-state index < -0.39 is 5.97 Å². The molecule has 5 heteroatoms. The predicted octanol–water partition coefficient (Wildman–Crippen LogP) is 1.49. The minimum Gasteiger partial charge on any atom is -0.480 e. The summed E-state index contributed by atoms with van der Waals surface area (Å²) in [5, 5.41) is 15.6. The molecule has 0 unspecified atom stereocenters. The number of nitrogens with one attached hydrogen (secondary N) is 1. The van der Waals surface area contributed by atoms with Gasteiger partial charge in [0.25, 0.3) is 0 Å². The zero-order chi connectivity index (χ0) is 10.7. The smallest absolute Gasteiger partial charge is 0.322 e. The SMILES string of the molecule is O=C(O)CNc1ccn(C2CCCC2)n1. The molecule has 5 nitrogen and oxygen atoms in total. The first kappa shape index (κ1) is 10.0. The molecule has 82 valence electrons. The van der Waals surface area contributed by atoms with Crippen LogP contribution < -0.4 is 5.32 Å². The van der Waals surface area contributed by atoms with Crippen LogP contribution >= 0.6 is 0 Å². The molecular weight excluding hydrogens is 194 g/mol. The minimum absolute atomic E-state index is 0.0817. The molecule has 1 aliphatic rings. The van der Waals surface area contributed by atoms with E-state index in [0.29, 0.717) is 11.9 Å². The van der Waals surface area contributed by atoms with Crippen LogP contribution in [0.3, 0.4) is 0 Å². The highest BCUT2D eigenvalue weighted by molar-refractivity contribution is 5.72. The van der Waals surface area contributed by atoms with Gasteiger partial charge in [-0.05, 0) is 12.8 Å². The average molecular weight is 209 g/mol. The molecule has 0 spiro atoms. The number of aliphatic carboxylic acids is 1. The molecule has 0 radical (unpaired) electrons. The summed E-state index contributed by atoms with van der Waals surface area (Å²) in [6, 6.07) is 2.33. The maximum Gasteiger partial charge on any atom is 0.322 e. The molecule has 1 fully saturated rings. The van der Waals surface area contributed by atoms with Gasteiger partial charge in [-0.1, -0.05) is 12.8 Å². The number of carboxylic acids is 1. The Kier molecular flexibility index (Phi) is 2.89. The van der Waals surface area contributed by atoms with E-state index in [4.69, 9.17) is 5.11 Å². The summed E-state index contributed by atoms with van der Waals surface area (Å²) in [7, 11) is 0. The van der Waals surface area contributed by atoms with Crippen LogP contribution in [0, 0.1) is 0 Å². The van der Waals surface area contributed by atoms with E-state index in [-0.39, 0.29) is 6.54 Å². The number of carbonyl (C=O) groups is 1. The van der Waals surface area contributed by atoms with E-state index in [1.165, 1.54) is 25.7 Å². The van der Waals surface area contributed by atoms with E-state index >= 15 is 0 Å². The second-order valence-electron chi connectivity index (χ2n) is 3.87. The van der Waals surface area contributed by atoms with E-state index in [1.807, 2.05) is 16.9 Å². The van der Waals surface area contributed by atoms with Gasteiger partial charge in [0.15, 0.2) is 0 Å². The number of aromatic nitrogens is 2. The van der Waals surface area contributed by atoms with Gasteiger partial charge in [-0.25, -0.2) is 0 Å². The molecule has 0 bridgehead atoms. The zero-order valence-electron chi connectivity index (χ0n) is 8.52. The van der Waals surface area contributed by atoms with E-state index in [2.05, 4.69) is 10.4 Å². The topological polar surface area (TPSA) is 67.2 Å². The number of nitrogens with zero attached hydrogens (tertiary/aromatic N) is 2. The molecule has 15 heavy (non-hydrogen) atoms. The van der Waals surface area contributed by atoms with Crippen molar-refractivity contribution in [2.24, 2.45) is 0 Å². The van der Waals surface area contributed by atoms with Crippen molar-refractivity contribution in [2.45, 2.75) is 31.7 Å². The lowest BCUT2D eigenvalue weighted by Crippen LogP contribution is -2.13. The lowest BCUT2D eigenvalue weighted by atomic mass is 10.3. The monoisotopic (exact) mass is 209 g/mol. The summed E-state index contributed by atoms with van der Waals surface area (Å²) < 4.78 is 1.94. The molecule has 1 aromatic heterocycles. The van der Waals surface area contributed by atoms with Crippen molar-refractivity contribution in [1.82, 2.24) is 9.78 Å². The van der Waals surface area contributed by atoms with Crippen LogP contribution in [-0.4, -0.2) is 27.4 Å². The summed E-state index contributed by atoms with van der Waals surface area (Å²) in [6.07, 6.45) is 6.81. The Morgan fingerprint density at radius 2 is 2.33 bits per heavy atom. The van der Waals surface area contributed by atoms with Gasteiger partial charge in [0.05, 0.1) is 6.04 Å². The molecule has 2 N–H and O–H groups in total. The van der Waals surface area contributed by atoms with Gasteiger partial charge in [-0.2, -0.15) is 5.10 Å².